The van der Waals surface area contributed by atoms with Crippen LogP contribution in [0.15, 0.2) is 88.3 Å². The summed E-state index contributed by atoms with van der Waals surface area (Å²) >= 11 is 0. The van der Waals surface area contributed by atoms with Crippen molar-refractivity contribution in [3.8, 4) is 0 Å². The second-order valence-electron chi connectivity index (χ2n) is 6.67. The number of hydrogen-bond donors (Lipinski definition) is 0. The molecule has 1 aromatic carbocycles. The van der Waals surface area contributed by atoms with Gasteiger partial charge in [-0.2, -0.15) is 8.42 Å². The van der Waals surface area contributed by atoms with E-state index in [-0.39, 0.29) is 17.4 Å². The van der Waals surface area contributed by atoms with E-state index in [1.54, 1.807) is 24.3 Å². The molecule has 2 aliphatic carbocycles. The standard InChI is InChI=1S/C21H20O4S/c1-15-6-9-19(10-7-15)26(22,23)24-14-16-8-11-21-18(12-16)13-17-4-2-3-5-20(17)25-21/h2-3,5-7,9-13,16H,4,8,14H2,1H3. The van der Waals surface area contributed by atoms with Crippen LogP contribution in [0.4, 0.5) is 0 Å². The Hall–Kier alpha value is -2.37. The number of benzene rings is 1. The summed E-state index contributed by atoms with van der Waals surface area (Å²) in [5, 5.41) is 0. The Balaban J connectivity index is 1.47. The topological polar surface area (TPSA) is 52.6 Å². The molecule has 5 heteroatoms. The molecule has 3 aliphatic rings. The second kappa shape index (κ2) is 6.74. The van der Waals surface area contributed by atoms with E-state index >= 15 is 0 Å². The van der Waals surface area contributed by atoms with E-state index in [0.717, 1.165) is 34.6 Å². The first-order chi connectivity index (χ1) is 12.5. The minimum Gasteiger partial charge on any atom is -0.457 e. The summed E-state index contributed by atoms with van der Waals surface area (Å²) in [6.45, 7) is 2.04. The first-order valence-electron chi connectivity index (χ1n) is 8.65. The molecule has 4 rings (SSSR count). The number of aryl methyl sites for hydroxylation is 1. The van der Waals surface area contributed by atoms with Gasteiger partial charge in [-0.05, 0) is 55.7 Å². The fourth-order valence-electron chi connectivity index (χ4n) is 3.16. The summed E-state index contributed by atoms with van der Waals surface area (Å²) in [4.78, 5) is 0.190. The zero-order chi connectivity index (χ0) is 18.1. The molecule has 0 bridgehead atoms. The van der Waals surface area contributed by atoms with E-state index in [9.17, 15) is 8.42 Å². The summed E-state index contributed by atoms with van der Waals surface area (Å²) in [5.41, 5.74) is 3.15. The Labute approximate surface area is 154 Å². The highest BCUT2D eigenvalue weighted by Crippen LogP contribution is 2.36. The molecule has 1 atom stereocenters. The highest BCUT2D eigenvalue weighted by atomic mass is 32.2. The van der Waals surface area contributed by atoms with Crippen molar-refractivity contribution in [2.75, 3.05) is 6.61 Å². The van der Waals surface area contributed by atoms with Crippen molar-refractivity contribution < 1.29 is 17.3 Å². The lowest BCUT2D eigenvalue weighted by Gasteiger charge is -2.27. The van der Waals surface area contributed by atoms with Gasteiger partial charge in [-0.25, -0.2) is 0 Å². The van der Waals surface area contributed by atoms with E-state index in [1.807, 2.05) is 31.2 Å². The molecule has 0 N–H and O–H groups in total. The van der Waals surface area contributed by atoms with Crippen LogP contribution >= 0.6 is 0 Å². The van der Waals surface area contributed by atoms with Crippen molar-refractivity contribution >= 4 is 10.1 Å². The second-order valence-corrected chi connectivity index (χ2v) is 8.29. The van der Waals surface area contributed by atoms with Crippen molar-refractivity contribution in [2.24, 2.45) is 5.92 Å². The van der Waals surface area contributed by atoms with Crippen LogP contribution < -0.4 is 0 Å². The number of fused-ring (bicyclic) bond motifs is 2. The minimum atomic E-state index is -3.74. The Morgan fingerprint density at radius 2 is 2.00 bits per heavy atom. The molecule has 26 heavy (non-hydrogen) atoms. The summed E-state index contributed by atoms with van der Waals surface area (Å²) in [5.74, 6) is 1.74. The fraction of sp³-hybridized carbons (Fsp3) is 0.238. The quantitative estimate of drug-likeness (QED) is 0.742. The predicted octanol–water partition coefficient (Wildman–Crippen LogP) is 4.33. The molecule has 4 nitrogen and oxygen atoms in total. The highest BCUT2D eigenvalue weighted by Gasteiger charge is 2.25. The molecule has 0 saturated heterocycles. The number of allylic oxidation sites excluding steroid dienone is 6. The third-order valence-corrected chi connectivity index (χ3v) is 5.94. The first-order valence-corrected chi connectivity index (χ1v) is 10.1. The molecule has 1 aliphatic heterocycles. The normalized spacial score (nSPS) is 21.5. The van der Waals surface area contributed by atoms with Crippen LogP contribution in [0.2, 0.25) is 0 Å². The fourth-order valence-corrected chi connectivity index (χ4v) is 4.12. The molecule has 0 spiro atoms. The van der Waals surface area contributed by atoms with Crippen LogP contribution in [0, 0.1) is 12.8 Å². The van der Waals surface area contributed by atoms with Crippen LogP contribution in [0.3, 0.4) is 0 Å². The van der Waals surface area contributed by atoms with E-state index in [2.05, 4.69) is 12.2 Å². The van der Waals surface area contributed by atoms with Gasteiger partial charge in [0.05, 0.1) is 11.5 Å². The zero-order valence-corrected chi connectivity index (χ0v) is 15.3. The van der Waals surface area contributed by atoms with Gasteiger partial charge >= 0.3 is 0 Å². The monoisotopic (exact) mass is 368 g/mol. The van der Waals surface area contributed by atoms with E-state index in [4.69, 9.17) is 8.92 Å². The molecule has 0 radical (unpaired) electrons. The summed E-state index contributed by atoms with van der Waals surface area (Å²) in [7, 11) is -3.74. The first kappa shape index (κ1) is 17.1. The Morgan fingerprint density at radius 3 is 2.81 bits per heavy atom. The molecular weight excluding hydrogens is 348 g/mol. The molecule has 1 aromatic rings. The Kier molecular flexibility index (Phi) is 4.42. The summed E-state index contributed by atoms with van der Waals surface area (Å²) in [6.07, 6.45) is 13.8. The SMILES string of the molecule is Cc1ccc(S(=O)(=O)OCC2C=C3C=C4CC=CC=C4OC3=CC2)cc1. The van der Waals surface area contributed by atoms with Gasteiger partial charge < -0.3 is 4.74 Å². The Bertz CT molecular complexity index is 973. The van der Waals surface area contributed by atoms with Crippen LogP contribution in [0.1, 0.15) is 18.4 Å². The zero-order valence-electron chi connectivity index (χ0n) is 14.5. The molecule has 0 amide bonds. The maximum absolute atomic E-state index is 12.3. The van der Waals surface area contributed by atoms with Crippen molar-refractivity contribution in [2.45, 2.75) is 24.7 Å². The van der Waals surface area contributed by atoms with Gasteiger partial charge in [-0.1, -0.05) is 35.9 Å². The average molecular weight is 368 g/mol. The van der Waals surface area contributed by atoms with Crippen molar-refractivity contribution in [1.29, 1.82) is 0 Å². The van der Waals surface area contributed by atoms with Crippen LogP contribution in [0.25, 0.3) is 0 Å². The largest absolute Gasteiger partial charge is 0.457 e. The molecule has 1 unspecified atom stereocenters. The van der Waals surface area contributed by atoms with E-state index < -0.39 is 10.1 Å². The number of hydrogen-bond acceptors (Lipinski definition) is 4. The summed E-state index contributed by atoms with van der Waals surface area (Å²) < 4.78 is 35.9. The molecule has 1 heterocycles. The molecule has 0 aromatic heterocycles. The van der Waals surface area contributed by atoms with Crippen molar-refractivity contribution in [3.05, 3.63) is 88.9 Å². The van der Waals surface area contributed by atoms with Gasteiger partial charge in [-0.15, -0.1) is 0 Å². The molecular formula is C21H20O4S. The minimum absolute atomic E-state index is 0.000847. The molecule has 134 valence electrons. The van der Waals surface area contributed by atoms with Gasteiger partial charge in [0.1, 0.15) is 11.5 Å². The maximum Gasteiger partial charge on any atom is 0.296 e. The third-order valence-electron chi connectivity index (χ3n) is 4.64. The summed E-state index contributed by atoms with van der Waals surface area (Å²) in [6, 6.07) is 6.68. The van der Waals surface area contributed by atoms with Crippen LogP contribution in [-0.4, -0.2) is 15.0 Å². The van der Waals surface area contributed by atoms with Gasteiger partial charge in [-0.3, -0.25) is 4.18 Å². The van der Waals surface area contributed by atoms with Crippen LogP contribution in [0.5, 0.6) is 0 Å². The highest BCUT2D eigenvalue weighted by molar-refractivity contribution is 7.86. The molecule has 0 fully saturated rings. The van der Waals surface area contributed by atoms with Gasteiger partial charge in [0, 0.05) is 11.5 Å². The lowest BCUT2D eigenvalue weighted by molar-refractivity contribution is 0.269. The lowest BCUT2D eigenvalue weighted by Crippen LogP contribution is -2.17. The van der Waals surface area contributed by atoms with Gasteiger partial charge in [0.25, 0.3) is 10.1 Å². The third kappa shape index (κ3) is 3.45. The number of rotatable bonds is 4. The van der Waals surface area contributed by atoms with E-state index in [0.29, 0.717) is 6.42 Å². The van der Waals surface area contributed by atoms with Crippen molar-refractivity contribution in [3.63, 3.8) is 0 Å². The van der Waals surface area contributed by atoms with E-state index in [1.165, 1.54) is 0 Å². The van der Waals surface area contributed by atoms with Crippen molar-refractivity contribution in [1.82, 2.24) is 0 Å². The smallest absolute Gasteiger partial charge is 0.296 e. The lowest BCUT2D eigenvalue weighted by atomic mass is 9.91. The van der Waals surface area contributed by atoms with Gasteiger partial charge in [0.2, 0.25) is 0 Å². The number of ether oxygens (including phenoxy) is 1. The van der Waals surface area contributed by atoms with Crippen LogP contribution in [-0.2, 0) is 19.0 Å². The average Bonchev–Trinajstić information content (AvgIpc) is 2.65. The maximum atomic E-state index is 12.3. The van der Waals surface area contributed by atoms with Gasteiger partial charge in [0.15, 0.2) is 0 Å². The Morgan fingerprint density at radius 1 is 1.19 bits per heavy atom. The predicted molar refractivity (Wildman–Crippen MR) is 99.6 cm³/mol. The molecule has 0 saturated carbocycles.